The fourth-order valence-corrected chi connectivity index (χ4v) is 0.187. The van der Waals surface area contributed by atoms with Gasteiger partial charge in [-0.3, -0.25) is 10.4 Å². The second-order valence-corrected chi connectivity index (χ2v) is 1.60. The van der Waals surface area contributed by atoms with Crippen molar-refractivity contribution in [2.24, 2.45) is 4.99 Å². The lowest BCUT2D eigenvalue weighted by atomic mass is 10.4. The molecule has 0 heterocycles. The molecule has 8 heavy (non-hydrogen) atoms. The summed E-state index contributed by atoms with van der Waals surface area (Å²) in [5.74, 6) is 0. The van der Waals surface area contributed by atoms with E-state index in [4.69, 9.17) is 5.41 Å². The number of nitrogens with one attached hydrogen (secondary N) is 1. The van der Waals surface area contributed by atoms with Crippen molar-refractivity contribution < 1.29 is 4.74 Å². The van der Waals surface area contributed by atoms with Gasteiger partial charge >= 0.3 is 0 Å². The van der Waals surface area contributed by atoms with E-state index in [-0.39, 0.29) is 6.04 Å². The Kier molecular flexibility index (Phi) is 3.84. The number of aliphatic imine (C=N–C) groups is 1. The van der Waals surface area contributed by atoms with Crippen molar-refractivity contribution in [3.8, 4) is 0 Å². The summed E-state index contributed by atoms with van der Waals surface area (Å²) in [7, 11) is 0. The molecule has 0 atom stereocenters. The Hall–Kier alpha value is -0.860. The van der Waals surface area contributed by atoms with Gasteiger partial charge < -0.3 is 4.74 Å². The van der Waals surface area contributed by atoms with Crippen LogP contribution in [0.25, 0.3) is 0 Å². The minimum atomic E-state index is 0.245. The van der Waals surface area contributed by atoms with Crippen LogP contribution in [0, 0.1) is 5.41 Å². The van der Waals surface area contributed by atoms with Gasteiger partial charge in [-0.05, 0) is 13.8 Å². The van der Waals surface area contributed by atoms with Gasteiger partial charge in [-0.25, -0.2) is 0 Å². The summed E-state index contributed by atoms with van der Waals surface area (Å²) in [5.41, 5.74) is 0. The van der Waals surface area contributed by atoms with Crippen molar-refractivity contribution in [3.63, 3.8) is 0 Å². The molecule has 0 radical (unpaired) electrons. The van der Waals surface area contributed by atoms with Gasteiger partial charge in [0.05, 0.1) is 0 Å². The zero-order valence-corrected chi connectivity index (χ0v) is 5.09. The Labute approximate surface area is 48.9 Å². The molecule has 0 bridgehead atoms. The molecule has 0 amide bonds. The number of hydrogen-bond acceptors (Lipinski definition) is 3. The lowest BCUT2D eigenvalue weighted by molar-refractivity contribution is 0.580. The maximum Gasteiger partial charge on any atom is 0.178 e. The molecule has 3 heteroatoms. The normalized spacial score (nSPS) is 10.4. The van der Waals surface area contributed by atoms with Gasteiger partial charge in [0.2, 0.25) is 0 Å². The van der Waals surface area contributed by atoms with Crippen LogP contribution >= 0.6 is 0 Å². The standard InChI is InChI=1S/C5H10N2O/c1-5(2)7-4-8-3-6/h3-6H,1-2H3. The number of rotatable bonds is 3. The Morgan fingerprint density at radius 1 is 1.62 bits per heavy atom. The summed E-state index contributed by atoms with van der Waals surface area (Å²) in [4.78, 5) is 3.82. The first-order valence-corrected chi connectivity index (χ1v) is 2.43. The Bertz CT molecular complexity index is 88.4. The van der Waals surface area contributed by atoms with Crippen molar-refractivity contribution >= 4 is 12.8 Å². The lowest BCUT2D eigenvalue weighted by Gasteiger charge is -1.90. The van der Waals surface area contributed by atoms with Gasteiger partial charge in [0, 0.05) is 6.04 Å². The van der Waals surface area contributed by atoms with Crippen LogP contribution < -0.4 is 0 Å². The lowest BCUT2D eigenvalue weighted by Crippen LogP contribution is -1.90. The van der Waals surface area contributed by atoms with Gasteiger partial charge in [-0.15, -0.1) is 0 Å². The Balaban J connectivity index is 3.19. The van der Waals surface area contributed by atoms with Gasteiger partial charge in [-0.1, -0.05) is 0 Å². The summed E-state index contributed by atoms with van der Waals surface area (Å²) in [6, 6.07) is 0.245. The smallest absolute Gasteiger partial charge is 0.178 e. The Morgan fingerprint density at radius 3 is 2.62 bits per heavy atom. The van der Waals surface area contributed by atoms with Crippen LogP contribution in [0.3, 0.4) is 0 Å². The molecular weight excluding hydrogens is 104 g/mol. The number of nitrogens with zero attached hydrogens (tertiary/aromatic N) is 1. The van der Waals surface area contributed by atoms with E-state index >= 15 is 0 Å². The highest BCUT2D eigenvalue weighted by Gasteiger charge is 1.80. The molecule has 1 N–H and O–H groups in total. The Morgan fingerprint density at radius 2 is 2.25 bits per heavy atom. The summed E-state index contributed by atoms with van der Waals surface area (Å²) in [5, 5.41) is 6.41. The third-order valence-electron chi connectivity index (χ3n) is 0.488. The molecule has 0 saturated carbocycles. The van der Waals surface area contributed by atoms with Crippen molar-refractivity contribution in [2.75, 3.05) is 0 Å². The second kappa shape index (κ2) is 4.30. The molecule has 0 aliphatic carbocycles. The molecule has 0 aliphatic heterocycles. The minimum Gasteiger partial charge on any atom is -0.435 e. The summed E-state index contributed by atoms with van der Waals surface area (Å²) < 4.78 is 4.39. The third-order valence-corrected chi connectivity index (χ3v) is 0.488. The summed E-state index contributed by atoms with van der Waals surface area (Å²) >= 11 is 0. The SMILES string of the molecule is CC(C)N=COC=N. The average Bonchev–Trinajstić information content (AvgIpc) is 1.66. The molecule has 0 aromatic heterocycles. The van der Waals surface area contributed by atoms with Crippen LogP contribution in [-0.2, 0) is 4.74 Å². The summed E-state index contributed by atoms with van der Waals surface area (Å²) in [6.07, 6.45) is 2.10. The first-order chi connectivity index (χ1) is 3.77. The predicted molar refractivity (Wildman–Crippen MR) is 33.5 cm³/mol. The first kappa shape index (κ1) is 7.14. The molecule has 0 aromatic rings. The van der Waals surface area contributed by atoms with Crippen molar-refractivity contribution in [2.45, 2.75) is 19.9 Å². The van der Waals surface area contributed by atoms with Gasteiger partial charge in [0.1, 0.15) is 0 Å². The van der Waals surface area contributed by atoms with Crippen LogP contribution in [0.1, 0.15) is 13.8 Å². The van der Waals surface area contributed by atoms with E-state index < -0.39 is 0 Å². The highest BCUT2D eigenvalue weighted by molar-refractivity contribution is 5.61. The number of ether oxygens (including phenoxy) is 1. The molecule has 0 saturated heterocycles. The van der Waals surface area contributed by atoms with E-state index in [0.717, 1.165) is 6.40 Å². The van der Waals surface area contributed by atoms with E-state index in [1.165, 1.54) is 6.40 Å². The molecule has 0 aliphatic rings. The van der Waals surface area contributed by atoms with E-state index in [0.29, 0.717) is 0 Å². The molecule has 0 rings (SSSR count). The first-order valence-electron chi connectivity index (χ1n) is 2.43. The highest BCUT2D eigenvalue weighted by atomic mass is 16.5. The van der Waals surface area contributed by atoms with Crippen molar-refractivity contribution in [3.05, 3.63) is 0 Å². The quantitative estimate of drug-likeness (QED) is 0.432. The fraction of sp³-hybridized carbons (Fsp3) is 0.600. The average molecular weight is 114 g/mol. The summed E-state index contributed by atoms with van der Waals surface area (Å²) in [6.45, 7) is 3.87. The van der Waals surface area contributed by atoms with Gasteiger partial charge in [-0.2, -0.15) is 0 Å². The number of hydrogen-bond donors (Lipinski definition) is 1. The van der Waals surface area contributed by atoms with Crippen LogP contribution in [0.5, 0.6) is 0 Å². The third kappa shape index (κ3) is 5.14. The molecule has 0 unspecified atom stereocenters. The predicted octanol–water partition coefficient (Wildman–Crippen LogP) is 1.05. The van der Waals surface area contributed by atoms with Crippen molar-refractivity contribution in [1.29, 1.82) is 5.41 Å². The molecule has 0 spiro atoms. The van der Waals surface area contributed by atoms with E-state index in [2.05, 4.69) is 9.73 Å². The molecule has 0 aromatic carbocycles. The van der Waals surface area contributed by atoms with Crippen LogP contribution in [0.4, 0.5) is 0 Å². The monoisotopic (exact) mass is 114 g/mol. The zero-order valence-electron chi connectivity index (χ0n) is 5.09. The fourth-order valence-electron chi connectivity index (χ4n) is 0.187. The van der Waals surface area contributed by atoms with Crippen LogP contribution in [-0.4, -0.2) is 18.8 Å². The van der Waals surface area contributed by atoms with Gasteiger partial charge in [0.15, 0.2) is 12.8 Å². The molecule has 0 fully saturated rings. The van der Waals surface area contributed by atoms with E-state index in [9.17, 15) is 0 Å². The molecule has 46 valence electrons. The highest BCUT2D eigenvalue weighted by Crippen LogP contribution is 1.81. The van der Waals surface area contributed by atoms with E-state index in [1.54, 1.807) is 0 Å². The molecule has 3 nitrogen and oxygen atoms in total. The maximum atomic E-state index is 6.41. The second-order valence-electron chi connectivity index (χ2n) is 1.60. The van der Waals surface area contributed by atoms with E-state index in [1.807, 2.05) is 13.8 Å². The minimum absolute atomic E-state index is 0.245. The van der Waals surface area contributed by atoms with Crippen molar-refractivity contribution in [1.82, 2.24) is 0 Å². The van der Waals surface area contributed by atoms with Gasteiger partial charge in [0.25, 0.3) is 0 Å². The topological polar surface area (TPSA) is 45.4 Å². The largest absolute Gasteiger partial charge is 0.435 e. The molecular formula is C5H10N2O. The van der Waals surface area contributed by atoms with Crippen LogP contribution in [0.15, 0.2) is 4.99 Å². The van der Waals surface area contributed by atoms with Crippen LogP contribution in [0.2, 0.25) is 0 Å². The zero-order chi connectivity index (χ0) is 6.41. The maximum absolute atomic E-state index is 6.41.